The van der Waals surface area contributed by atoms with Gasteiger partial charge in [0.1, 0.15) is 0 Å². The van der Waals surface area contributed by atoms with Crippen LogP contribution >= 0.6 is 23.1 Å². The number of nitrogens with zero attached hydrogens (tertiary/aromatic N) is 2. The van der Waals surface area contributed by atoms with Crippen molar-refractivity contribution in [2.75, 3.05) is 19.0 Å². The summed E-state index contributed by atoms with van der Waals surface area (Å²) < 4.78 is 5.04. The zero-order valence-electron chi connectivity index (χ0n) is 11.6. The highest BCUT2D eigenvalue weighted by Crippen LogP contribution is 2.28. The lowest BCUT2D eigenvalue weighted by molar-refractivity contribution is -0.119. The van der Waals surface area contributed by atoms with E-state index in [4.69, 9.17) is 0 Å². The van der Waals surface area contributed by atoms with Crippen LogP contribution in [0.4, 0.5) is 9.93 Å². The van der Waals surface area contributed by atoms with Crippen LogP contribution in [0.2, 0.25) is 0 Å². The lowest BCUT2D eigenvalue weighted by Crippen LogP contribution is -2.35. The number of ether oxygens (including phenoxy) is 1. The van der Waals surface area contributed by atoms with Crippen molar-refractivity contribution in [1.29, 1.82) is 0 Å². The molecule has 0 bridgehead atoms. The van der Waals surface area contributed by atoms with Crippen molar-refractivity contribution in [3.63, 3.8) is 0 Å². The van der Waals surface area contributed by atoms with E-state index in [2.05, 4.69) is 32.5 Å². The molecule has 1 rings (SSSR count). The van der Waals surface area contributed by atoms with E-state index in [0.29, 0.717) is 4.34 Å². The summed E-state index contributed by atoms with van der Waals surface area (Å²) in [7, 11) is 1.21. The summed E-state index contributed by atoms with van der Waals surface area (Å²) in [6.07, 6.45) is 1.42. The molecule has 9 heteroatoms. The molecule has 20 heavy (non-hydrogen) atoms. The largest absolute Gasteiger partial charge is 0.453 e. The van der Waals surface area contributed by atoms with Gasteiger partial charge in [0, 0.05) is 6.54 Å². The minimum Gasteiger partial charge on any atom is -0.453 e. The maximum Gasteiger partial charge on any atom is 0.413 e. The summed E-state index contributed by atoms with van der Waals surface area (Å²) in [4.78, 5) is 22.6. The predicted octanol–water partition coefficient (Wildman–Crippen LogP) is 2.11. The highest BCUT2D eigenvalue weighted by atomic mass is 32.2. The normalized spacial score (nSPS) is 11.8. The Morgan fingerprint density at radius 3 is 2.85 bits per heavy atom. The molecule has 0 aliphatic heterocycles. The van der Waals surface area contributed by atoms with Gasteiger partial charge >= 0.3 is 6.09 Å². The Hall–Kier alpha value is -1.35. The lowest BCUT2D eigenvalue weighted by atomic mass is 10.3. The van der Waals surface area contributed by atoms with Gasteiger partial charge in [-0.05, 0) is 13.3 Å². The van der Waals surface area contributed by atoms with Gasteiger partial charge in [0.2, 0.25) is 11.0 Å². The Bertz CT molecular complexity index is 453. The molecule has 1 atom stereocenters. The fraction of sp³-hybridized carbons (Fsp3) is 0.636. The fourth-order valence-corrected chi connectivity index (χ4v) is 3.08. The molecule has 0 aliphatic rings. The molecule has 0 aromatic carbocycles. The molecule has 0 unspecified atom stereocenters. The first kappa shape index (κ1) is 16.7. The maximum absolute atomic E-state index is 11.6. The molecule has 0 spiro atoms. The number of carbonyl (C=O) groups is 2. The Labute approximate surface area is 125 Å². The van der Waals surface area contributed by atoms with Gasteiger partial charge in [-0.2, -0.15) is 0 Å². The van der Waals surface area contributed by atoms with Crippen LogP contribution in [0.25, 0.3) is 0 Å². The first-order valence-electron chi connectivity index (χ1n) is 6.19. The van der Waals surface area contributed by atoms with Crippen LogP contribution in [-0.2, 0) is 9.53 Å². The van der Waals surface area contributed by atoms with Crippen LogP contribution in [0.15, 0.2) is 4.34 Å². The molecule has 0 radical (unpaired) electrons. The third kappa shape index (κ3) is 5.74. The molecule has 2 N–H and O–H groups in total. The zero-order chi connectivity index (χ0) is 15.0. The second-order valence-electron chi connectivity index (χ2n) is 3.89. The van der Waals surface area contributed by atoms with Crippen LogP contribution in [0.3, 0.4) is 0 Å². The number of anilines is 1. The van der Waals surface area contributed by atoms with Crippen molar-refractivity contribution in [1.82, 2.24) is 15.5 Å². The number of imide groups is 1. The van der Waals surface area contributed by atoms with E-state index in [0.717, 1.165) is 24.5 Å². The Morgan fingerprint density at radius 1 is 1.45 bits per heavy atom. The lowest BCUT2D eigenvalue weighted by Gasteiger charge is -2.07. The third-order valence-corrected chi connectivity index (χ3v) is 4.34. The number of alkyl carbamates (subject to hydrolysis) is 1. The highest BCUT2D eigenvalue weighted by molar-refractivity contribution is 8.02. The molecule has 1 aromatic heterocycles. The van der Waals surface area contributed by atoms with Crippen molar-refractivity contribution in [2.24, 2.45) is 0 Å². The number of hydrogen-bond donors (Lipinski definition) is 2. The van der Waals surface area contributed by atoms with E-state index in [1.807, 2.05) is 0 Å². The number of nitrogens with one attached hydrogen (secondary N) is 2. The van der Waals surface area contributed by atoms with Gasteiger partial charge < -0.3 is 10.1 Å². The summed E-state index contributed by atoms with van der Waals surface area (Å²) in [6.45, 7) is 4.66. The Balaban J connectivity index is 2.43. The van der Waals surface area contributed by atoms with Gasteiger partial charge in [-0.15, -0.1) is 10.2 Å². The molecule has 0 saturated heterocycles. The summed E-state index contributed by atoms with van der Waals surface area (Å²) in [5.74, 6) is -0.419. The van der Waals surface area contributed by atoms with Crippen molar-refractivity contribution in [3.05, 3.63) is 0 Å². The van der Waals surface area contributed by atoms with E-state index in [9.17, 15) is 9.59 Å². The van der Waals surface area contributed by atoms with Crippen LogP contribution in [0.1, 0.15) is 26.7 Å². The molecular weight excluding hydrogens is 300 g/mol. The van der Waals surface area contributed by atoms with Gasteiger partial charge in [0.05, 0.1) is 12.4 Å². The maximum atomic E-state index is 11.6. The quantitative estimate of drug-likeness (QED) is 0.587. The van der Waals surface area contributed by atoms with Gasteiger partial charge in [-0.3, -0.25) is 10.1 Å². The molecule has 0 aliphatic carbocycles. The summed E-state index contributed by atoms with van der Waals surface area (Å²) in [5, 5.41) is 13.5. The number of thioether (sulfide) groups is 1. The number of amides is 2. The third-order valence-electron chi connectivity index (χ3n) is 2.27. The summed E-state index contributed by atoms with van der Waals surface area (Å²) >= 11 is 2.64. The average Bonchev–Trinajstić information content (AvgIpc) is 2.86. The predicted molar refractivity (Wildman–Crippen MR) is 79.2 cm³/mol. The fourth-order valence-electron chi connectivity index (χ4n) is 1.16. The number of aromatic nitrogens is 2. The average molecular weight is 318 g/mol. The monoisotopic (exact) mass is 318 g/mol. The van der Waals surface area contributed by atoms with Crippen molar-refractivity contribution < 1.29 is 14.3 Å². The van der Waals surface area contributed by atoms with Crippen LogP contribution in [0.5, 0.6) is 0 Å². The number of carbonyl (C=O) groups excluding carboxylic acids is 2. The molecular formula is C11H18N4O3S2. The van der Waals surface area contributed by atoms with Gasteiger partial charge in [-0.1, -0.05) is 36.4 Å². The van der Waals surface area contributed by atoms with Crippen molar-refractivity contribution >= 4 is 40.2 Å². The van der Waals surface area contributed by atoms with E-state index in [-0.39, 0.29) is 0 Å². The number of unbranched alkanes of at least 4 members (excludes halogenated alkanes) is 1. The van der Waals surface area contributed by atoms with Gasteiger partial charge in [-0.25, -0.2) is 4.79 Å². The molecule has 0 fully saturated rings. The second kappa shape index (κ2) is 8.75. The van der Waals surface area contributed by atoms with Crippen LogP contribution in [0, 0.1) is 0 Å². The second-order valence-corrected chi connectivity index (χ2v) is 6.46. The standard InChI is InChI=1S/C11H18N4O3S2/c1-4-5-6-12-9-14-15-11(20-9)19-7(2)8(16)13-10(17)18-3/h7H,4-6H2,1-3H3,(H,12,14)(H,13,16,17)/t7-/m0/s1. The molecule has 112 valence electrons. The van der Waals surface area contributed by atoms with Crippen molar-refractivity contribution in [3.8, 4) is 0 Å². The van der Waals surface area contributed by atoms with Gasteiger partial charge in [0.15, 0.2) is 4.34 Å². The molecule has 7 nitrogen and oxygen atoms in total. The first-order chi connectivity index (χ1) is 9.56. The van der Waals surface area contributed by atoms with E-state index in [1.54, 1.807) is 6.92 Å². The van der Waals surface area contributed by atoms with E-state index < -0.39 is 17.3 Å². The number of hydrogen-bond acceptors (Lipinski definition) is 8. The van der Waals surface area contributed by atoms with E-state index in [1.165, 1.54) is 30.2 Å². The van der Waals surface area contributed by atoms with Crippen LogP contribution < -0.4 is 10.6 Å². The Kier molecular flexibility index (Phi) is 7.31. The summed E-state index contributed by atoms with van der Waals surface area (Å²) in [5.41, 5.74) is 0. The van der Waals surface area contributed by atoms with Crippen molar-refractivity contribution in [2.45, 2.75) is 36.3 Å². The molecule has 2 amide bonds. The first-order valence-corrected chi connectivity index (χ1v) is 7.89. The number of methoxy groups -OCH3 is 1. The number of rotatable bonds is 7. The smallest absolute Gasteiger partial charge is 0.413 e. The molecule has 1 heterocycles. The SMILES string of the molecule is CCCCNc1nnc(S[C@@H](C)C(=O)NC(=O)OC)s1. The van der Waals surface area contributed by atoms with Crippen LogP contribution in [-0.4, -0.2) is 41.1 Å². The minimum absolute atomic E-state index is 0.419. The summed E-state index contributed by atoms with van der Waals surface area (Å²) in [6, 6.07) is 0. The van der Waals surface area contributed by atoms with Gasteiger partial charge in [0.25, 0.3) is 0 Å². The molecule has 0 saturated carbocycles. The topological polar surface area (TPSA) is 93.2 Å². The van der Waals surface area contributed by atoms with E-state index >= 15 is 0 Å². The minimum atomic E-state index is -0.762. The molecule has 1 aromatic rings. The Morgan fingerprint density at radius 2 is 2.20 bits per heavy atom. The highest BCUT2D eigenvalue weighted by Gasteiger charge is 2.19. The zero-order valence-corrected chi connectivity index (χ0v) is 13.3.